The van der Waals surface area contributed by atoms with Gasteiger partial charge in [0.2, 0.25) is 11.4 Å². The SMILES string of the molecule is CC(=O)N1C[C@@H](O)CCC1(C(=O)O)C(=O)O. The van der Waals surface area contributed by atoms with Crippen LogP contribution in [0.25, 0.3) is 0 Å². The molecule has 16 heavy (non-hydrogen) atoms. The highest BCUT2D eigenvalue weighted by Gasteiger charge is 2.55. The summed E-state index contributed by atoms with van der Waals surface area (Å²) in [5, 5.41) is 27.4. The Bertz CT molecular complexity index is 325. The molecule has 0 spiro atoms. The zero-order valence-corrected chi connectivity index (χ0v) is 8.71. The van der Waals surface area contributed by atoms with E-state index in [0.717, 1.165) is 6.92 Å². The van der Waals surface area contributed by atoms with Crippen molar-refractivity contribution in [2.75, 3.05) is 6.54 Å². The summed E-state index contributed by atoms with van der Waals surface area (Å²) in [5.74, 6) is -3.84. The number of hydrogen-bond donors (Lipinski definition) is 3. The van der Waals surface area contributed by atoms with E-state index in [1.165, 1.54) is 0 Å². The lowest BCUT2D eigenvalue weighted by Gasteiger charge is -2.41. The fourth-order valence-corrected chi connectivity index (χ4v) is 1.90. The number of carbonyl (C=O) groups is 3. The number of aliphatic carboxylic acids is 2. The van der Waals surface area contributed by atoms with E-state index < -0.39 is 29.5 Å². The zero-order valence-electron chi connectivity index (χ0n) is 8.71. The summed E-state index contributed by atoms with van der Waals surface area (Å²) in [6, 6.07) is 0. The van der Waals surface area contributed by atoms with Gasteiger partial charge in [-0.2, -0.15) is 0 Å². The summed E-state index contributed by atoms with van der Waals surface area (Å²) in [6.45, 7) is 0.812. The van der Waals surface area contributed by atoms with Crippen LogP contribution in [0.15, 0.2) is 0 Å². The Hall–Kier alpha value is -1.63. The van der Waals surface area contributed by atoms with Gasteiger partial charge in [0.25, 0.3) is 0 Å². The van der Waals surface area contributed by atoms with Crippen LogP contribution in [0.5, 0.6) is 0 Å². The first kappa shape index (κ1) is 12.4. The largest absolute Gasteiger partial charge is 0.479 e. The maximum atomic E-state index is 11.3. The van der Waals surface area contributed by atoms with Crippen molar-refractivity contribution in [1.29, 1.82) is 0 Å². The van der Waals surface area contributed by atoms with Crippen molar-refractivity contribution in [2.24, 2.45) is 0 Å². The Morgan fingerprint density at radius 3 is 2.12 bits per heavy atom. The van der Waals surface area contributed by atoms with Crippen molar-refractivity contribution in [3.63, 3.8) is 0 Å². The average molecular weight is 231 g/mol. The zero-order chi connectivity index (χ0) is 12.5. The van der Waals surface area contributed by atoms with Gasteiger partial charge in [-0.25, -0.2) is 9.59 Å². The van der Waals surface area contributed by atoms with E-state index in [0.29, 0.717) is 4.90 Å². The monoisotopic (exact) mass is 231 g/mol. The highest BCUT2D eigenvalue weighted by molar-refractivity contribution is 6.06. The molecule has 1 aliphatic rings. The predicted octanol–water partition coefficient (Wildman–Crippen LogP) is -1.10. The Morgan fingerprint density at radius 1 is 1.25 bits per heavy atom. The number of piperidine rings is 1. The number of carboxylic acid groups (broad SMARTS) is 2. The third-order valence-corrected chi connectivity index (χ3v) is 2.78. The fraction of sp³-hybridized carbons (Fsp3) is 0.667. The molecule has 1 aliphatic heterocycles. The van der Waals surface area contributed by atoms with Gasteiger partial charge in [-0.05, 0) is 12.8 Å². The van der Waals surface area contributed by atoms with Crippen molar-refractivity contribution in [1.82, 2.24) is 4.90 Å². The molecule has 3 N–H and O–H groups in total. The summed E-state index contributed by atoms with van der Waals surface area (Å²) in [5.41, 5.74) is -2.24. The Labute approximate surface area is 91.3 Å². The van der Waals surface area contributed by atoms with Crippen LogP contribution in [-0.4, -0.2) is 56.3 Å². The Balaban J connectivity index is 3.18. The van der Waals surface area contributed by atoms with Crippen LogP contribution in [0.1, 0.15) is 19.8 Å². The van der Waals surface area contributed by atoms with E-state index in [9.17, 15) is 19.5 Å². The molecule has 0 aromatic rings. The van der Waals surface area contributed by atoms with Crippen LogP contribution in [0, 0.1) is 0 Å². The molecule has 1 heterocycles. The molecule has 1 amide bonds. The maximum Gasteiger partial charge on any atom is 0.341 e. The standard InChI is InChI=1S/C9H13NO6/c1-5(11)10-4-6(12)2-3-9(10,7(13)14)8(15)16/h6,12H,2-4H2,1H3,(H,13,14)(H,15,16)/t6-/m0/s1. The van der Waals surface area contributed by atoms with Gasteiger partial charge in [0.1, 0.15) is 0 Å². The highest BCUT2D eigenvalue weighted by atomic mass is 16.4. The maximum absolute atomic E-state index is 11.3. The van der Waals surface area contributed by atoms with Crippen molar-refractivity contribution < 1.29 is 29.7 Å². The minimum absolute atomic E-state index is 0.0440. The summed E-state index contributed by atoms with van der Waals surface area (Å²) in [4.78, 5) is 34.1. The fourth-order valence-electron chi connectivity index (χ4n) is 1.90. The van der Waals surface area contributed by atoms with Crippen molar-refractivity contribution in [2.45, 2.75) is 31.4 Å². The van der Waals surface area contributed by atoms with Crippen molar-refractivity contribution >= 4 is 17.8 Å². The van der Waals surface area contributed by atoms with Crippen LogP contribution >= 0.6 is 0 Å². The summed E-state index contributed by atoms with van der Waals surface area (Å²) < 4.78 is 0. The minimum atomic E-state index is -2.24. The number of likely N-dealkylation sites (tertiary alicyclic amines) is 1. The van der Waals surface area contributed by atoms with Crippen LogP contribution in [0.4, 0.5) is 0 Å². The number of aliphatic hydroxyl groups excluding tert-OH is 1. The number of aliphatic hydroxyl groups is 1. The Kier molecular flexibility index (Phi) is 3.18. The van der Waals surface area contributed by atoms with E-state index >= 15 is 0 Å². The number of rotatable bonds is 2. The molecule has 7 nitrogen and oxygen atoms in total. The van der Waals surface area contributed by atoms with E-state index in [1.807, 2.05) is 0 Å². The number of β-amino-alcohol motifs (C(OH)–C–C–N with tert-alkyl or cyclic N) is 1. The molecular formula is C9H13NO6. The van der Waals surface area contributed by atoms with Crippen LogP contribution in [0.2, 0.25) is 0 Å². The van der Waals surface area contributed by atoms with Crippen LogP contribution < -0.4 is 0 Å². The lowest BCUT2D eigenvalue weighted by atomic mass is 9.85. The quantitative estimate of drug-likeness (QED) is 0.519. The molecule has 0 unspecified atom stereocenters. The van der Waals surface area contributed by atoms with Gasteiger partial charge in [0.15, 0.2) is 0 Å². The third kappa shape index (κ3) is 1.73. The first-order valence-corrected chi connectivity index (χ1v) is 4.75. The molecule has 1 fully saturated rings. The van der Waals surface area contributed by atoms with E-state index in [1.54, 1.807) is 0 Å². The molecule has 1 rings (SSSR count). The predicted molar refractivity (Wildman–Crippen MR) is 50.6 cm³/mol. The molecule has 0 bridgehead atoms. The molecule has 7 heteroatoms. The van der Waals surface area contributed by atoms with Gasteiger partial charge in [0, 0.05) is 13.5 Å². The van der Waals surface area contributed by atoms with E-state index in [2.05, 4.69) is 0 Å². The van der Waals surface area contributed by atoms with Gasteiger partial charge in [0.05, 0.1) is 6.10 Å². The first-order valence-electron chi connectivity index (χ1n) is 4.75. The summed E-state index contributed by atoms with van der Waals surface area (Å²) >= 11 is 0. The summed E-state index contributed by atoms with van der Waals surface area (Å²) in [7, 11) is 0. The summed E-state index contributed by atoms with van der Waals surface area (Å²) in [6.07, 6.45) is -1.13. The molecule has 0 radical (unpaired) electrons. The average Bonchev–Trinajstić information content (AvgIpc) is 2.16. The molecule has 90 valence electrons. The number of carbonyl (C=O) groups excluding carboxylic acids is 1. The van der Waals surface area contributed by atoms with Crippen molar-refractivity contribution in [3.05, 3.63) is 0 Å². The minimum Gasteiger partial charge on any atom is -0.479 e. The highest BCUT2D eigenvalue weighted by Crippen LogP contribution is 2.29. The number of carboxylic acids is 2. The van der Waals surface area contributed by atoms with Gasteiger partial charge in [-0.1, -0.05) is 0 Å². The van der Waals surface area contributed by atoms with Gasteiger partial charge in [-0.3, -0.25) is 4.79 Å². The normalized spacial score (nSPS) is 23.9. The lowest BCUT2D eigenvalue weighted by Crippen LogP contribution is -2.65. The Morgan fingerprint density at radius 2 is 1.75 bits per heavy atom. The molecule has 0 aliphatic carbocycles. The van der Waals surface area contributed by atoms with E-state index in [-0.39, 0.29) is 19.4 Å². The smallest absolute Gasteiger partial charge is 0.341 e. The van der Waals surface area contributed by atoms with Crippen LogP contribution in [0.3, 0.4) is 0 Å². The van der Waals surface area contributed by atoms with Gasteiger partial charge in [-0.15, -0.1) is 0 Å². The third-order valence-electron chi connectivity index (χ3n) is 2.78. The molecule has 0 aromatic carbocycles. The number of hydrogen-bond acceptors (Lipinski definition) is 4. The second-order valence-corrected chi connectivity index (χ2v) is 3.79. The van der Waals surface area contributed by atoms with Gasteiger partial charge >= 0.3 is 11.9 Å². The lowest BCUT2D eigenvalue weighted by molar-refractivity contribution is -0.178. The van der Waals surface area contributed by atoms with E-state index in [4.69, 9.17) is 10.2 Å². The molecule has 0 aromatic heterocycles. The number of nitrogens with zero attached hydrogens (tertiary/aromatic N) is 1. The molecule has 1 atom stereocenters. The van der Waals surface area contributed by atoms with Crippen LogP contribution in [-0.2, 0) is 14.4 Å². The topological polar surface area (TPSA) is 115 Å². The molecular weight excluding hydrogens is 218 g/mol. The first-order chi connectivity index (χ1) is 7.32. The molecule has 0 saturated carbocycles. The number of amides is 1. The second-order valence-electron chi connectivity index (χ2n) is 3.79. The van der Waals surface area contributed by atoms with Crippen molar-refractivity contribution in [3.8, 4) is 0 Å². The van der Waals surface area contributed by atoms with Gasteiger partial charge < -0.3 is 20.2 Å². The second kappa shape index (κ2) is 4.09. The molecule has 1 saturated heterocycles.